The van der Waals surface area contributed by atoms with E-state index in [-0.39, 0.29) is 5.54 Å². The number of halogens is 1. The van der Waals surface area contributed by atoms with E-state index in [1.54, 1.807) is 0 Å². The van der Waals surface area contributed by atoms with Crippen molar-refractivity contribution in [1.82, 2.24) is 0 Å². The Bertz CT molecular complexity index is 231. The normalized spacial score (nSPS) is 22.0. The van der Waals surface area contributed by atoms with Crippen LogP contribution >= 0.6 is 11.6 Å². The summed E-state index contributed by atoms with van der Waals surface area (Å²) in [5.41, 5.74) is 1.01. The third-order valence-corrected chi connectivity index (χ3v) is 1.99. The van der Waals surface area contributed by atoms with E-state index in [4.69, 9.17) is 16.3 Å². The first-order chi connectivity index (χ1) is 5.53. The number of rotatable bonds is 2. The van der Waals surface area contributed by atoms with Gasteiger partial charge in [-0.25, -0.2) is 4.99 Å². The van der Waals surface area contributed by atoms with Crippen LogP contribution in [0.5, 0.6) is 0 Å². The van der Waals surface area contributed by atoms with Crippen LogP contribution in [0.2, 0.25) is 0 Å². The van der Waals surface area contributed by atoms with Gasteiger partial charge in [0.25, 0.3) is 0 Å². The summed E-state index contributed by atoms with van der Waals surface area (Å²) < 4.78 is 5.36. The number of alkyl halides is 1. The van der Waals surface area contributed by atoms with Crippen LogP contribution in [0.4, 0.5) is 0 Å². The molecule has 68 valence electrons. The van der Waals surface area contributed by atoms with E-state index in [0.717, 1.165) is 5.57 Å². The summed E-state index contributed by atoms with van der Waals surface area (Å²) >= 11 is 5.62. The predicted molar refractivity (Wildman–Crippen MR) is 51.9 cm³/mol. The Morgan fingerprint density at radius 1 is 1.75 bits per heavy atom. The van der Waals surface area contributed by atoms with E-state index in [2.05, 4.69) is 4.99 Å². The summed E-state index contributed by atoms with van der Waals surface area (Å²) in [6.45, 7) is 6.71. The van der Waals surface area contributed by atoms with Crippen molar-refractivity contribution >= 4 is 17.5 Å². The molecule has 0 radical (unpaired) electrons. The Labute approximate surface area is 78.3 Å². The van der Waals surface area contributed by atoms with Gasteiger partial charge in [-0.3, -0.25) is 0 Å². The van der Waals surface area contributed by atoms with Crippen LogP contribution in [0.15, 0.2) is 16.6 Å². The van der Waals surface area contributed by atoms with Crippen LogP contribution in [0.3, 0.4) is 0 Å². The minimum Gasteiger partial charge on any atom is -0.475 e. The fourth-order valence-corrected chi connectivity index (χ4v) is 1.01. The van der Waals surface area contributed by atoms with Crippen molar-refractivity contribution in [1.29, 1.82) is 0 Å². The van der Waals surface area contributed by atoms with E-state index >= 15 is 0 Å². The molecule has 0 aliphatic carbocycles. The maximum Gasteiger partial charge on any atom is 0.209 e. The summed E-state index contributed by atoms with van der Waals surface area (Å²) in [6, 6.07) is 0. The monoisotopic (exact) mass is 187 g/mol. The Morgan fingerprint density at radius 2 is 2.42 bits per heavy atom. The van der Waals surface area contributed by atoms with E-state index in [9.17, 15) is 0 Å². The molecule has 0 spiro atoms. The van der Waals surface area contributed by atoms with Gasteiger partial charge < -0.3 is 4.74 Å². The Hall–Kier alpha value is -0.500. The van der Waals surface area contributed by atoms with Crippen LogP contribution in [0.1, 0.15) is 20.8 Å². The summed E-state index contributed by atoms with van der Waals surface area (Å²) in [5.74, 6) is 1.24. The molecule has 0 saturated heterocycles. The fourth-order valence-electron chi connectivity index (χ4n) is 0.937. The largest absolute Gasteiger partial charge is 0.475 e. The molecular formula is C9H14ClNO. The molecule has 1 heterocycles. The Kier molecular flexibility index (Phi) is 2.78. The average Bonchev–Trinajstić information content (AvgIpc) is 2.30. The van der Waals surface area contributed by atoms with Crippen LogP contribution in [-0.2, 0) is 4.74 Å². The van der Waals surface area contributed by atoms with Gasteiger partial charge in [-0.2, -0.15) is 0 Å². The van der Waals surface area contributed by atoms with Gasteiger partial charge in [0.2, 0.25) is 5.90 Å². The van der Waals surface area contributed by atoms with Gasteiger partial charge in [-0.15, -0.1) is 11.6 Å². The fraction of sp³-hybridized carbons (Fsp3) is 0.667. The number of ether oxygens (including phenoxy) is 1. The first-order valence-corrected chi connectivity index (χ1v) is 4.53. The van der Waals surface area contributed by atoms with Crippen molar-refractivity contribution in [3.63, 3.8) is 0 Å². The van der Waals surface area contributed by atoms with Gasteiger partial charge in [0, 0.05) is 5.88 Å². The maximum atomic E-state index is 5.62. The summed E-state index contributed by atoms with van der Waals surface area (Å²) in [7, 11) is 0. The van der Waals surface area contributed by atoms with E-state index in [1.165, 1.54) is 0 Å². The standard InChI is InChI=1S/C9H14ClNO/c1-7(5-10)4-8-11-9(2,3)6-12-8/h4H,5-6H2,1-3H3/b7-4+. The lowest BCUT2D eigenvalue weighted by atomic mass is 10.1. The van der Waals surface area contributed by atoms with E-state index < -0.39 is 0 Å². The Balaban J connectivity index is 2.68. The number of hydrogen-bond donors (Lipinski definition) is 0. The highest BCUT2D eigenvalue weighted by atomic mass is 35.5. The molecule has 0 fully saturated rings. The molecule has 0 atom stereocenters. The summed E-state index contributed by atoms with van der Waals surface area (Å²) in [5, 5.41) is 0. The van der Waals surface area contributed by atoms with Gasteiger partial charge in [0.1, 0.15) is 6.61 Å². The zero-order chi connectivity index (χ0) is 9.19. The molecule has 12 heavy (non-hydrogen) atoms. The molecule has 0 aromatic heterocycles. The first kappa shape index (κ1) is 9.59. The van der Waals surface area contributed by atoms with Crippen molar-refractivity contribution < 1.29 is 4.74 Å². The van der Waals surface area contributed by atoms with Crippen molar-refractivity contribution in [2.24, 2.45) is 4.99 Å². The maximum absolute atomic E-state index is 5.62. The minimum absolute atomic E-state index is 0.0710. The summed E-state index contributed by atoms with van der Waals surface area (Å²) in [4.78, 5) is 4.37. The van der Waals surface area contributed by atoms with Crippen molar-refractivity contribution in [2.45, 2.75) is 26.3 Å². The Morgan fingerprint density at radius 3 is 2.83 bits per heavy atom. The van der Waals surface area contributed by atoms with Crippen LogP contribution in [0, 0.1) is 0 Å². The van der Waals surface area contributed by atoms with Gasteiger partial charge in [-0.05, 0) is 26.8 Å². The predicted octanol–water partition coefficient (Wildman–Crippen LogP) is 2.38. The molecule has 3 heteroatoms. The topological polar surface area (TPSA) is 21.6 Å². The number of hydrogen-bond acceptors (Lipinski definition) is 2. The molecule has 1 rings (SSSR count). The lowest BCUT2D eigenvalue weighted by Gasteiger charge is -2.07. The third-order valence-electron chi connectivity index (χ3n) is 1.57. The third kappa shape index (κ3) is 2.52. The lowest BCUT2D eigenvalue weighted by Crippen LogP contribution is -2.17. The van der Waals surface area contributed by atoms with E-state index in [1.807, 2.05) is 26.8 Å². The first-order valence-electron chi connectivity index (χ1n) is 3.99. The minimum atomic E-state index is -0.0710. The van der Waals surface area contributed by atoms with Gasteiger partial charge in [0.15, 0.2) is 0 Å². The molecule has 0 aromatic rings. The summed E-state index contributed by atoms with van der Waals surface area (Å²) in [6.07, 6.45) is 1.89. The van der Waals surface area contributed by atoms with Crippen molar-refractivity contribution in [3.05, 3.63) is 11.6 Å². The number of nitrogens with zero attached hydrogens (tertiary/aromatic N) is 1. The van der Waals surface area contributed by atoms with E-state index in [0.29, 0.717) is 18.4 Å². The van der Waals surface area contributed by atoms with Gasteiger partial charge >= 0.3 is 0 Å². The molecule has 0 amide bonds. The molecule has 0 saturated carbocycles. The molecule has 0 unspecified atom stereocenters. The highest BCUT2D eigenvalue weighted by molar-refractivity contribution is 6.19. The van der Waals surface area contributed by atoms with Crippen molar-refractivity contribution in [3.8, 4) is 0 Å². The van der Waals surface area contributed by atoms with Gasteiger partial charge in [-0.1, -0.05) is 5.57 Å². The number of aliphatic imine (C=N–C) groups is 1. The molecule has 0 N–H and O–H groups in total. The highest BCUT2D eigenvalue weighted by Gasteiger charge is 2.24. The van der Waals surface area contributed by atoms with Crippen molar-refractivity contribution in [2.75, 3.05) is 12.5 Å². The second-order valence-electron chi connectivity index (χ2n) is 3.68. The quantitative estimate of drug-likeness (QED) is 0.609. The second kappa shape index (κ2) is 3.48. The SMILES string of the molecule is C/C(=C\C1=NC(C)(C)CO1)CCl. The molecule has 0 aromatic carbocycles. The molecule has 2 nitrogen and oxygen atoms in total. The average molecular weight is 188 g/mol. The number of allylic oxidation sites excluding steroid dienone is 1. The second-order valence-corrected chi connectivity index (χ2v) is 3.94. The lowest BCUT2D eigenvalue weighted by molar-refractivity contribution is 0.280. The molecular weight excluding hydrogens is 174 g/mol. The molecule has 1 aliphatic heterocycles. The molecule has 1 aliphatic rings. The smallest absolute Gasteiger partial charge is 0.209 e. The highest BCUT2D eigenvalue weighted by Crippen LogP contribution is 2.17. The molecule has 0 bridgehead atoms. The van der Waals surface area contributed by atoms with Gasteiger partial charge in [0.05, 0.1) is 5.54 Å². The zero-order valence-corrected chi connectivity index (χ0v) is 8.48. The van der Waals surface area contributed by atoms with Crippen LogP contribution in [0.25, 0.3) is 0 Å². The van der Waals surface area contributed by atoms with Crippen LogP contribution in [-0.4, -0.2) is 23.9 Å². The van der Waals surface area contributed by atoms with Crippen LogP contribution < -0.4 is 0 Å². The zero-order valence-electron chi connectivity index (χ0n) is 7.72.